The molecule has 10 heteroatoms. The first-order valence-corrected chi connectivity index (χ1v) is 12.0. The van der Waals surface area contributed by atoms with Crippen molar-refractivity contribution in [3.8, 4) is 11.5 Å². The van der Waals surface area contributed by atoms with E-state index in [0.717, 1.165) is 27.6 Å². The van der Waals surface area contributed by atoms with Crippen molar-refractivity contribution in [3.05, 3.63) is 71.0 Å². The number of amides is 1. The number of ether oxygens (including phenoxy) is 2. The van der Waals surface area contributed by atoms with Gasteiger partial charge in [0.1, 0.15) is 17.2 Å². The molecular weight excluding hydrogens is 512 g/mol. The van der Waals surface area contributed by atoms with E-state index in [1.54, 1.807) is 25.4 Å². The molecule has 1 unspecified atom stereocenters. The number of rotatable bonds is 8. The van der Waals surface area contributed by atoms with Gasteiger partial charge in [-0.2, -0.15) is 0 Å². The number of halogens is 1. The number of hydrogen-bond acceptors (Lipinski definition) is 7. The molecule has 1 aliphatic rings. The highest BCUT2D eigenvalue weighted by atomic mass is 79.9. The van der Waals surface area contributed by atoms with Crippen LogP contribution in [0.15, 0.2) is 65.3 Å². The second-order valence-electron chi connectivity index (χ2n) is 8.34. The van der Waals surface area contributed by atoms with Crippen molar-refractivity contribution in [2.75, 3.05) is 25.6 Å². The summed E-state index contributed by atoms with van der Waals surface area (Å²) < 4.78 is 12.2. The number of benzene rings is 2. The summed E-state index contributed by atoms with van der Waals surface area (Å²) >= 11 is 3.44. The summed E-state index contributed by atoms with van der Waals surface area (Å²) in [5, 5.41) is 9.62. The Labute approximate surface area is 210 Å². The maximum atomic E-state index is 12.7. The lowest BCUT2D eigenvalue weighted by Crippen LogP contribution is -2.36. The summed E-state index contributed by atoms with van der Waals surface area (Å²) in [5.74, 6) is 1.56. The zero-order chi connectivity index (χ0) is 24.2. The van der Waals surface area contributed by atoms with Gasteiger partial charge in [-0.3, -0.25) is 9.78 Å². The van der Waals surface area contributed by atoms with Gasteiger partial charge in [0.2, 0.25) is 5.95 Å². The summed E-state index contributed by atoms with van der Waals surface area (Å²) in [7, 11) is 1.67. The van der Waals surface area contributed by atoms with Gasteiger partial charge in [0.05, 0.1) is 17.6 Å². The van der Waals surface area contributed by atoms with Gasteiger partial charge in [-0.1, -0.05) is 15.9 Å². The van der Waals surface area contributed by atoms with Gasteiger partial charge in [0.15, 0.2) is 0 Å². The molecule has 2 atom stereocenters. The third-order valence-electron chi connectivity index (χ3n) is 5.69. The average Bonchev–Trinajstić information content (AvgIpc) is 3.46. The van der Waals surface area contributed by atoms with E-state index in [0.29, 0.717) is 36.3 Å². The number of H-pyrrole nitrogens is 1. The predicted molar refractivity (Wildman–Crippen MR) is 137 cm³/mol. The molecule has 1 amide bonds. The van der Waals surface area contributed by atoms with Crippen LogP contribution in [-0.4, -0.2) is 53.2 Å². The molecule has 4 N–H and O–H groups in total. The van der Waals surface area contributed by atoms with Crippen molar-refractivity contribution in [1.29, 1.82) is 0 Å². The minimum Gasteiger partial charge on any atom is -0.457 e. The molecule has 9 nitrogen and oxygen atoms in total. The van der Waals surface area contributed by atoms with Crippen molar-refractivity contribution in [1.82, 2.24) is 25.6 Å². The van der Waals surface area contributed by atoms with Crippen LogP contribution in [0.4, 0.5) is 11.6 Å². The van der Waals surface area contributed by atoms with Crippen LogP contribution >= 0.6 is 15.9 Å². The minimum atomic E-state index is -0.229. The molecular formula is C25H25BrN6O3. The zero-order valence-electron chi connectivity index (χ0n) is 19.0. The zero-order valence-corrected chi connectivity index (χ0v) is 20.6. The molecule has 0 spiro atoms. The fraction of sp³-hybridized carbons (Fsp3) is 0.240. The molecule has 1 aliphatic heterocycles. The smallest absolute Gasteiger partial charge is 0.270 e. The van der Waals surface area contributed by atoms with Gasteiger partial charge in [-0.15, -0.1) is 0 Å². The number of pyridine rings is 1. The summed E-state index contributed by atoms with van der Waals surface area (Å²) in [5.41, 5.74) is 2.87. The number of anilines is 2. The third kappa shape index (κ3) is 5.79. The quantitative estimate of drug-likeness (QED) is 0.264. The van der Waals surface area contributed by atoms with Crippen LogP contribution in [0.2, 0.25) is 0 Å². The lowest BCUT2D eigenvalue weighted by molar-refractivity contribution is 0.0933. The van der Waals surface area contributed by atoms with E-state index in [2.05, 4.69) is 46.8 Å². The first-order chi connectivity index (χ1) is 17.1. The van der Waals surface area contributed by atoms with E-state index in [9.17, 15) is 4.79 Å². The maximum Gasteiger partial charge on any atom is 0.270 e. The fourth-order valence-electron chi connectivity index (χ4n) is 4.03. The van der Waals surface area contributed by atoms with E-state index < -0.39 is 0 Å². The third-order valence-corrected chi connectivity index (χ3v) is 6.21. The standard InChI is InChI=1S/C25H25BrN6O3/c1-34-14-18-10-17(13-28-18)29-24(33)23-12-20(8-9-27-23)35-19-6-7-21-22(11-19)32-25(31-21)30-16-4-2-15(26)3-5-16/h2-9,11-12,17-18,28H,10,13-14H2,1H3,(H,29,33)(H2,30,31,32)/t17?,18-/m1/s1. The van der Waals surface area contributed by atoms with Crippen molar-refractivity contribution >= 4 is 44.5 Å². The van der Waals surface area contributed by atoms with Crippen LogP contribution in [0, 0.1) is 0 Å². The van der Waals surface area contributed by atoms with Gasteiger partial charge >= 0.3 is 0 Å². The Bertz CT molecular complexity index is 1330. The molecule has 4 aromatic rings. The molecule has 35 heavy (non-hydrogen) atoms. The van der Waals surface area contributed by atoms with Gasteiger partial charge < -0.3 is 30.4 Å². The van der Waals surface area contributed by atoms with Crippen LogP contribution < -0.4 is 20.7 Å². The summed E-state index contributed by atoms with van der Waals surface area (Å²) in [4.78, 5) is 24.8. The minimum absolute atomic E-state index is 0.0389. The number of hydrogen-bond donors (Lipinski definition) is 4. The van der Waals surface area contributed by atoms with E-state index in [1.807, 2.05) is 42.5 Å². The summed E-state index contributed by atoms with van der Waals surface area (Å²) in [6.45, 7) is 1.33. The Morgan fingerprint density at radius 2 is 1.97 bits per heavy atom. The molecule has 1 saturated heterocycles. The topological polar surface area (TPSA) is 113 Å². The maximum absolute atomic E-state index is 12.7. The number of nitrogens with zero attached hydrogens (tertiary/aromatic N) is 2. The average molecular weight is 537 g/mol. The number of carbonyl (C=O) groups is 1. The lowest BCUT2D eigenvalue weighted by Gasteiger charge is -2.12. The fourth-order valence-corrected chi connectivity index (χ4v) is 4.30. The van der Waals surface area contributed by atoms with Crippen LogP contribution in [0.25, 0.3) is 11.0 Å². The van der Waals surface area contributed by atoms with Gasteiger partial charge in [-0.05, 0) is 48.9 Å². The number of fused-ring (bicyclic) bond motifs is 1. The Morgan fingerprint density at radius 1 is 1.14 bits per heavy atom. The summed E-state index contributed by atoms with van der Waals surface area (Å²) in [6, 6.07) is 17.1. The molecule has 0 saturated carbocycles. The van der Waals surface area contributed by atoms with Crippen molar-refractivity contribution < 1.29 is 14.3 Å². The molecule has 5 rings (SSSR count). The Balaban J connectivity index is 1.24. The molecule has 0 aliphatic carbocycles. The van der Waals surface area contributed by atoms with Crippen molar-refractivity contribution in [2.45, 2.75) is 18.5 Å². The number of aromatic nitrogens is 3. The Morgan fingerprint density at radius 3 is 2.80 bits per heavy atom. The summed E-state index contributed by atoms with van der Waals surface area (Å²) in [6.07, 6.45) is 2.39. The molecule has 1 fully saturated rings. The van der Waals surface area contributed by atoms with E-state index in [1.165, 1.54) is 0 Å². The van der Waals surface area contributed by atoms with Gasteiger partial charge in [0, 0.05) is 54.2 Å². The molecule has 2 aromatic carbocycles. The van der Waals surface area contributed by atoms with Crippen LogP contribution in [-0.2, 0) is 4.74 Å². The number of carbonyl (C=O) groups excluding carboxylic acids is 1. The number of imidazole rings is 1. The second-order valence-corrected chi connectivity index (χ2v) is 9.26. The second kappa shape index (κ2) is 10.4. The SMILES string of the molecule is COC[C@H]1CC(NC(=O)c2cc(Oc3ccc4nc(Nc5ccc(Br)cc5)[nH]c4c3)ccn2)CN1. The molecule has 3 heterocycles. The molecule has 0 radical (unpaired) electrons. The highest BCUT2D eigenvalue weighted by Crippen LogP contribution is 2.27. The highest BCUT2D eigenvalue weighted by molar-refractivity contribution is 9.10. The largest absolute Gasteiger partial charge is 0.457 e. The normalized spacial score (nSPS) is 17.4. The first kappa shape index (κ1) is 23.3. The monoisotopic (exact) mass is 536 g/mol. The lowest BCUT2D eigenvalue weighted by atomic mass is 10.2. The first-order valence-electron chi connectivity index (χ1n) is 11.2. The van der Waals surface area contributed by atoms with Gasteiger partial charge in [-0.25, -0.2) is 4.98 Å². The van der Waals surface area contributed by atoms with Crippen LogP contribution in [0.1, 0.15) is 16.9 Å². The Hall–Kier alpha value is -3.47. The van der Waals surface area contributed by atoms with Crippen LogP contribution in [0.5, 0.6) is 11.5 Å². The molecule has 2 aromatic heterocycles. The predicted octanol–water partition coefficient (Wildman–Crippen LogP) is 4.36. The number of nitrogens with one attached hydrogen (secondary N) is 4. The van der Waals surface area contributed by atoms with Crippen LogP contribution in [0.3, 0.4) is 0 Å². The highest BCUT2D eigenvalue weighted by Gasteiger charge is 2.25. The number of aromatic amines is 1. The van der Waals surface area contributed by atoms with E-state index in [-0.39, 0.29) is 18.0 Å². The number of methoxy groups -OCH3 is 1. The molecule has 180 valence electrons. The van der Waals surface area contributed by atoms with E-state index >= 15 is 0 Å². The Kier molecular flexibility index (Phi) is 6.94. The van der Waals surface area contributed by atoms with Gasteiger partial charge in [0.25, 0.3) is 5.91 Å². The van der Waals surface area contributed by atoms with Crippen molar-refractivity contribution in [2.24, 2.45) is 0 Å². The van der Waals surface area contributed by atoms with E-state index in [4.69, 9.17) is 9.47 Å². The van der Waals surface area contributed by atoms with Crippen molar-refractivity contribution in [3.63, 3.8) is 0 Å². The molecule has 0 bridgehead atoms.